The summed E-state index contributed by atoms with van der Waals surface area (Å²) in [7, 11) is 0. The van der Waals surface area contributed by atoms with Crippen LogP contribution in [0, 0.1) is 11.7 Å². The molecule has 0 bridgehead atoms. The zero-order valence-electron chi connectivity index (χ0n) is 11.2. The van der Waals surface area contributed by atoms with E-state index in [0.717, 1.165) is 37.3 Å². The second-order valence-electron chi connectivity index (χ2n) is 4.98. The quantitative estimate of drug-likeness (QED) is 0.832. The number of carbonyl (C=O) groups is 1. The van der Waals surface area contributed by atoms with Crippen molar-refractivity contribution in [1.29, 1.82) is 0 Å². The molecule has 1 aliphatic carbocycles. The third-order valence-corrected chi connectivity index (χ3v) is 3.68. The maximum atomic E-state index is 12.7. The molecule has 2 rings (SSSR count). The van der Waals surface area contributed by atoms with Crippen molar-refractivity contribution in [2.45, 2.75) is 39.0 Å². The summed E-state index contributed by atoms with van der Waals surface area (Å²) in [6.45, 7) is 2.21. The van der Waals surface area contributed by atoms with Gasteiger partial charge in [0.05, 0.1) is 0 Å². The molecule has 0 unspecified atom stereocenters. The molecule has 1 fully saturated rings. The molecule has 0 saturated heterocycles. The molecule has 1 saturated carbocycles. The second-order valence-corrected chi connectivity index (χ2v) is 4.98. The van der Waals surface area contributed by atoms with Gasteiger partial charge in [-0.2, -0.15) is 5.10 Å². The first-order chi connectivity index (χ1) is 9.19. The van der Waals surface area contributed by atoms with Gasteiger partial charge in [0.1, 0.15) is 5.82 Å². The number of amides is 1. The third-order valence-electron chi connectivity index (χ3n) is 3.68. The molecular weight excluding hydrogens is 243 g/mol. The highest BCUT2D eigenvalue weighted by atomic mass is 19.1. The summed E-state index contributed by atoms with van der Waals surface area (Å²) in [5.41, 5.74) is 4.03. The molecule has 3 nitrogen and oxygen atoms in total. The lowest BCUT2D eigenvalue weighted by molar-refractivity contribution is 0.0954. The molecule has 0 spiro atoms. The Morgan fingerprint density at radius 1 is 1.32 bits per heavy atom. The molecule has 0 atom stereocenters. The van der Waals surface area contributed by atoms with Gasteiger partial charge in [0.25, 0.3) is 5.91 Å². The number of halogens is 1. The van der Waals surface area contributed by atoms with Crippen molar-refractivity contribution >= 4 is 11.6 Å². The molecule has 0 aromatic heterocycles. The van der Waals surface area contributed by atoms with Crippen LogP contribution in [0.1, 0.15) is 49.4 Å². The molecule has 1 amide bonds. The Bertz CT molecular complexity index is 458. The lowest BCUT2D eigenvalue weighted by atomic mass is 9.86. The molecular formula is C15H19FN2O. The van der Waals surface area contributed by atoms with E-state index in [1.807, 2.05) is 0 Å². The number of nitrogens with one attached hydrogen (secondary N) is 1. The average molecular weight is 262 g/mol. The first kappa shape index (κ1) is 13.7. The lowest BCUT2D eigenvalue weighted by Gasteiger charge is -2.21. The molecule has 1 aromatic rings. The van der Waals surface area contributed by atoms with Crippen molar-refractivity contribution in [2.24, 2.45) is 11.0 Å². The fourth-order valence-corrected chi connectivity index (χ4v) is 2.33. The van der Waals surface area contributed by atoms with Crippen LogP contribution in [-0.4, -0.2) is 11.6 Å². The molecule has 0 aliphatic heterocycles. The van der Waals surface area contributed by atoms with Crippen LogP contribution in [0.2, 0.25) is 0 Å². The lowest BCUT2D eigenvalue weighted by Crippen LogP contribution is -2.22. The van der Waals surface area contributed by atoms with E-state index >= 15 is 0 Å². The predicted octanol–water partition coefficient (Wildman–Crippen LogP) is 3.51. The minimum absolute atomic E-state index is 0.287. The smallest absolute Gasteiger partial charge is 0.267 e. The molecule has 102 valence electrons. The van der Waals surface area contributed by atoms with Crippen molar-refractivity contribution in [3.63, 3.8) is 0 Å². The number of benzene rings is 1. The van der Waals surface area contributed by atoms with E-state index in [2.05, 4.69) is 17.5 Å². The first-order valence-electron chi connectivity index (χ1n) is 6.80. The largest absolute Gasteiger partial charge is 0.271 e. The molecule has 1 aromatic carbocycles. The zero-order valence-corrected chi connectivity index (χ0v) is 11.2. The monoisotopic (exact) mass is 262 g/mol. The summed E-state index contributed by atoms with van der Waals surface area (Å²) in [5.74, 6) is 0.164. The summed E-state index contributed by atoms with van der Waals surface area (Å²) in [5, 5.41) is 4.17. The number of nitrogens with zero attached hydrogens (tertiary/aromatic N) is 1. The highest BCUT2D eigenvalue weighted by molar-refractivity contribution is 5.95. The zero-order chi connectivity index (χ0) is 13.7. The standard InChI is InChI=1S/C15H19FN2O/c1-2-11-3-9-14(10-4-11)17-18-15(19)12-5-7-13(16)8-6-12/h5-8,11H,2-4,9-10H2,1H3,(H,18,19). The van der Waals surface area contributed by atoms with Crippen LogP contribution in [-0.2, 0) is 0 Å². The van der Waals surface area contributed by atoms with Gasteiger partial charge in [-0.15, -0.1) is 0 Å². The molecule has 4 heteroatoms. The van der Waals surface area contributed by atoms with Crippen LogP contribution in [0.15, 0.2) is 29.4 Å². The summed E-state index contributed by atoms with van der Waals surface area (Å²) < 4.78 is 12.7. The Kier molecular flexibility index (Phi) is 4.66. The number of rotatable bonds is 3. The number of hydrogen-bond donors (Lipinski definition) is 1. The van der Waals surface area contributed by atoms with Crippen LogP contribution in [0.5, 0.6) is 0 Å². The van der Waals surface area contributed by atoms with E-state index in [-0.39, 0.29) is 11.7 Å². The van der Waals surface area contributed by atoms with Crippen LogP contribution in [0.3, 0.4) is 0 Å². The Balaban J connectivity index is 1.88. The second kappa shape index (κ2) is 6.45. The maximum Gasteiger partial charge on any atom is 0.271 e. The van der Waals surface area contributed by atoms with Gasteiger partial charge in [0.15, 0.2) is 0 Å². The van der Waals surface area contributed by atoms with Gasteiger partial charge in [-0.1, -0.05) is 13.3 Å². The highest BCUT2D eigenvalue weighted by Crippen LogP contribution is 2.24. The van der Waals surface area contributed by atoms with Gasteiger partial charge >= 0.3 is 0 Å². The van der Waals surface area contributed by atoms with Crippen LogP contribution in [0.4, 0.5) is 4.39 Å². The predicted molar refractivity (Wildman–Crippen MR) is 73.6 cm³/mol. The fraction of sp³-hybridized carbons (Fsp3) is 0.467. The van der Waals surface area contributed by atoms with Crippen LogP contribution >= 0.6 is 0 Å². The normalized spacial score (nSPS) is 19.1. The number of hydrazone groups is 1. The minimum atomic E-state index is -0.347. The van der Waals surface area contributed by atoms with Gasteiger partial charge in [-0.25, -0.2) is 9.82 Å². The first-order valence-corrected chi connectivity index (χ1v) is 6.80. The van der Waals surface area contributed by atoms with E-state index < -0.39 is 0 Å². The molecule has 1 aliphatic rings. The van der Waals surface area contributed by atoms with Crippen molar-refractivity contribution in [3.8, 4) is 0 Å². The Labute approximate surface area is 112 Å². The molecule has 0 heterocycles. The number of hydrogen-bond acceptors (Lipinski definition) is 2. The van der Waals surface area contributed by atoms with Gasteiger partial charge in [0, 0.05) is 11.3 Å². The van der Waals surface area contributed by atoms with Gasteiger partial charge in [-0.05, 0) is 55.9 Å². The highest BCUT2D eigenvalue weighted by Gasteiger charge is 2.16. The summed E-state index contributed by atoms with van der Waals surface area (Å²) in [4.78, 5) is 11.8. The van der Waals surface area contributed by atoms with Crippen molar-refractivity contribution < 1.29 is 9.18 Å². The Morgan fingerprint density at radius 2 is 1.95 bits per heavy atom. The minimum Gasteiger partial charge on any atom is -0.267 e. The summed E-state index contributed by atoms with van der Waals surface area (Å²) >= 11 is 0. The Hall–Kier alpha value is -1.71. The van der Waals surface area contributed by atoms with Gasteiger partial charge in [0.2, 0.25) is 0 Å². The van der Waals surface area contributed by atoms with Crippen LogP contribution in [0.25, 0.3) is 0 Å². The van der Waals surface area contributed by atoms with E-state index in [9.17, 15) is 9.18 Å². The molecule has 19 heavy (non-hydrogen) atoms. The van der Waals surface area contributed by atoms with Gasteiger partial charge < -0.3 is 0 Å². The van der Waals surface area contributed by atoms with Crippen molar-refractivity contribution in [3.05, 3.63) is 35.6 Å². The van der Waals surface area contributed by atoms with E-state index in [1.54, 1.807) is 0 Å². The van der Waals surface area contributed by atoms with Crippen molar-refractivity contribution in [1.82, 2.24) is 5.43 Å². The maximum absolute atomic E-state index is 12.7. The van der Waals surface area contributed by atoms with Crippen LogP contribution < -0.4 is 5.43 Å². The van der Waals surface area contributed by atoms with E-state index in [4.69, 9.17) is 0 Å². The number of carbonyl (C=O) groups excluding carboxylic acids is 1. The fourth-order valence-electron chi connectivity index (χ4n) is 2.33. The average Bonchev–Trinajstić information content (AvgIpc) is 2.46. The Morgan fingerprint density at radius 3 is 2.53 bits per heavy atom. The summed E-state index contributed by atoms with van der Waals surface area (Å²) in [6.07, 6.45) is 5.45. The molecule has 1 N–H and O–H groups in total. The third kappa shape index (κ3) is 3.88. The molecule has 0 radical (unpaired) electrons. The van der Waals surface area contributed by atoms with Gasteiger partial charge in [-0.3, -0.25) is 4.79 Å². The summed E-state index contributed by atoms with van der Waals surface area (Å²) in [6, 6.07) is 5.46. The topological polar surface area (TPSA) is 41.5 Å². The van der Waals surface area contributed by atoms with E-state index in [0.29, 0.717) is 5.56 Å². The van der Waals surface area contributed by atoms with Crippen molar-refractivity contribution in [2.75, 3.05) is 0 Å². The van der Waals surface area contributed by atoms with E-state index in [1.165, 1.54) is 30.7 Å². The SMILES string of the molecule is CCC1CCC(=NNC(=O)c2ccc(F)cc2)CC1.